The average Bonchev–Trinajstić information content (AvgIpc) is 3.41. The minimum absolute atomic E-state index is 0.0672. The zero-order valence-electron chi connectivity index (χ0n) is 16.7. The number of piperidine rings is 1. The summed E-state index contributed by atoms with van der Waals surface area (Å²) < 4.78 is 18.0. The van der Waals surface area contributed by atoms with Crippen molar-refractivity contribution in [3.63, 3.8) is 0 Å². The van der Waals surface area contributed by atoms with E-state index in [1.54, 1.807) is 7.11 Å². The highest BCUT2D eigenvalue weighted by molar-refractivity contribution is 5.49. The molecule has 2 fully saturated rings. The molecule has 2 atom stereocenters. The molecule has 1 aromatic carbocycles. The van der Waals surface area contributed by atoms with E-state index >= 15 is 0 Å². The fourth-order valence-electron chi connectivity index (χ4n) is 4.37. The lowest BCUT2D eigenvalue weighted by Crippen LogP contribution is -2.47. The van der Waals surface area contributed by atoms with Crippen LogP contribution in [0.2, 0.25) is 0 Å². The van der Waals surface area contributed by atoms with E-state index in [4.69, 9.17) is 14.2 Å². The van der Waals surface area contributed by atoms with Crippen LogP contribution in [0.1, 0.15) is 63.6 Å². The number of nitrogens with zero attached hydrogens (tertiary/aromatic N) is 1. The van der Waals surface area contributed by atoms with E-state index in [-0.39, 0.29) is 5.60 Å². The molecule has 144 valence electrons. The van der Waals surface area contributed by atoms with Crippen molar-refractivity contribution in [3.05, 3.63) is 23.3 Å². The molecule has 1 aliphatic carbocycles. The number of ether oxygens (including phenoxy) is 3. The second-order valence-corrected chi connectivity index (χ2v) is 9.15. The van der Waals surface area contributed by atoms with Gasteiger partial charge in [-0.25, -0.2) is 0 Å². The first-order chi connectivity index (χ1) is 12.4. The van der Waals surface area contributed by atoms with Gasteiger partial charge in [-0.1, -0.05) is 0 Å². The van der Waals surface area contributed by atoms with Crippen LogP contribution in [0.4, 0.5) is 0 Å². The van der Waals surface area contributed by atoms with Crippen LogP contribution in [0, 0.1) is 5.92 Å². The maximum Gasteiger partial charge on any atom is 0.161 e. The summed E-state index contributed by atoms with van der Waals surface area (Å²) >= 11 is 0. The highest BCUT2D eigenvalue weighted by Crippen LogP contribution is 2.43. The van der Waals surface area contributed by atoms with Gasteiger partial charge >= 0.3 is 0 Å². The maximum atomic E-state index is 6.25. The van der Waals surface area contributed by atoms with Crippen LogP contribution in [0.3, 0.4) is 0 Å². The van der Waals surface area contributed by atoms with Gasteiger partial charge in [0.05, 0.1) is 25.4 Å². The monoisotopic (exact) mass is 359 g/mol. The first-order valence-corrected chi connectivity index (χ1v) is 10.2. The van der Waals surface area contributed by atoms with E-state index in [1.165, 1.54) is 24.0 Å². The van der Waals surface area contributed by atoms with E-state index < -0.39 is 0 Å². The quantitative estimate of drug-likeness (QED) is 0.781. The highest BCUT2D eigenvalue weighted by atomic mass is 16.5. The standard InChI is InChI=1S/C22H33NO3/c1-22(2,3)26-17-7-8-19-18-12-20(24-4)21(25-14-15-5-6-15)11-16(18)9-10-23(19)13-17/h11-12,15,17,19H,5-10,13-14H2,1-4H3. The predicted molar refractivity (Wildman–Crippen MR) is 103 cm³/mol. The molecule has 4 nitrogen and oxygen atoms in total. The largest absolute Gasteiger partial charge is 0.493 e. The minimum Gasteiger partial charge on any atom is -0.493 e. The molecule has 0 amide bonds. The third-order valence-electron chi connectivity index (χ3n) is 5.79. The number of hydrogen-bond acceptors (Lipinski definition) is 4. The van der Waals surface area contributed by atoms with Crippen molar-refractivity contribution in [2.24, 2.45) is 5.92 Å². The number of fused-ring (bicyclic) bond motifs is 3. The first-order valence-electron chi connectivity index (χ1n) is 10.2. The Kier molecular flexibility index (Phi) is 4.91. The third kappa shape index (κ3) is 4.01. The number of methoxy groups -OCH3 is 1. The van der Waals surface area contributed by atoms with Gasteiger partial charge in [-0.15, -0.1) is 0 Å². The molecule has 2 aliphatic heterocycles. The van der Waals surface area contributed by atoms with E-state index in [1.807, 2.05) is 0 Å². The molecule has 0 spiro atoms. The van der Waals surface area contributed by atoms with Crippen molar-refractivity contribution in [2.45, 2.75) is 70.6 Å². The number of rotatable bonds is 5. The topological polar surface area (TPSA) is 30.9 Å². The first kappa shape index (κ1) is 18.1. The summed E-state index contributed by atoms with van der Waals surface area (Å²) in [5, 5.41) is 0. The maximum absolute atomic E-state index is 6.25. The Morgan fingerprint density at radius 1 is 1.08 bits per heavy atom. The Balaban J connectivity index is 1.50. The van der Waals surface area contributed by atoms with Crippen molar-refractivity contribution < 1.29 is 14.2 Å². The van der Waals surface area contributed by atoms with Crippen molar-refractivity contribution in [1.29, 1.82) is 0 Å². The molecular weight excluding hydrogens is 326 g/mol. The van der Waals surface area contributed by atoms with E-state index in [0.29, 0.717) is 12.1 Å². The molecule has 0 N–H and O–H groups in total. The van der Waals surface area contributed by atoms with Crippen molar-refractivity contribution >= 4 is 0 Å². The molecule has 1 saturated heterocycles. The Morgan fingerprint density at radius 2 is 1.88 bits per heavy atom. The summed E-state index contributed by atoms with van der Waals surface area (Å²) in [6.45, 7) is 9.42. The lowest BCUT2D eigenvalue weighted by molar-refractivity contribution is -0.0971. The Hall–Kier alpha value is -1.26. The molecule has 1 saturated carbocycles. The van der Waals surface area contributed by atoms with Gasteiger partial charge in [-0.05, 0) is 82.1 Å². The van der Waals surface area contributed by atoms with Crippen LogP contribution >= 0.6 is 0 Å². The second kappa shape index (κ2) is 7.05. The van der Waals surface area contributed by atoms with Gasteiger partial charge < -0.3 is 14.2 Å². The zero-order valence-corrected chi connectivity index (χ0v) is 16.7. The summed E-state index contributed by atoms with van der Waals surface area (Å²) in [6.07, 6.45) is 6.32. The van der Waals surface area contributed by atoms with Crippen LogP contribution in [0.15, 0.2) is 12.1 Å². The van der Waals surface area contributed by atoms with E-state index in [2.05, 4.69) is 37.8 Å². The predicted octanol–water partition coefficient (Wildman–Crippen LogP) is 4.36. The molecule has 4 rings (SSSR count). The van der Waals surface area contributed by atoms with E-state index in [0.717, 1.165) is 56.4 Å². The van der Waals surface area contributed by atoms with Crippen LogP contribution in [-0.4, -0.2) is 43.4 Å². The smallest absolute Gasteiger partial charge is 0.161 e. The molecule has 0 bridgehead atoms. The van der Waals surface area contributed by atoms with Crippen molar-refractivity contribution in [3.8, 4) is 11.5 Å². The normalized spacial score (nSPS) is 26.2. The number of hydrogen-bond donors (Lipinski definition) is 0. The van der Waals surface area contributed by atoms with Crippen LogP contribution in [0.5, 0.6) is 11.5 Å². The van der Waals surface area contributed by atoms with Crippen LogP contribution < -0.4 is 9.47 Å². The van der Waals surface area contributed by atoms with Gasteiger partial charge in [0, 0.05) is 19.1 Å². The molecule has 1 aromatic rings. The van der Waals surface area contributed by atoms with Gasteiger partial charge in [0.15, 0.2) is 11.5 Å². The molecule has 4 heteroatoms. The molecule has 26 heavy (non-hydrogen) atoms. The van der Waals surface area contributed by atoms with Gasteiger partial charge in [0.1, 0.15) is 0 Å². The van der Waals surface area contributed by atoms with Gasteiger partial charge in [0.25, 0.3) is 0 Å². The lowest BCUT2D eigenvalue weighted by Gasteiger charge is -2.44. The number of benzene rings is 1. The second-order valence-electron chi connectivity index (χ2n) is 9.15. The summed E-state index contributed by atoms with van der Waals surface area (Å²) in [6, 6.07) is 4.97. The Bertz CT molecular complexity index is 648. The van der Waals surface area contributed by atoms with Crippen molar-refractivity contribution in [1.82, 2.24) is 4.90 Å². The molecular formula is C22H33NO3. The molecule has 3 aliphatic rings. The minimum atomic E-state index is -0.0672. The molecule has 0 radical (unpaired) electrons. The Morgan fingerprint density at radius 3 is 2.58 bits per heavy atom. The van der Waals surface area contributed by atoms with Gasteiger partial charge in [-0.3, -0.25) is 4.90 Å². The van der Waals surface area contributed by atoms with Gasteiger partial charge in [0.2, 0.25) is 0 Å². The summed E-state index contributed by atoms with van der Waals surface area (Å²) in [5.41, 5.74) is 2.80. The molecule has 0 aromatic heterocycles. The van der Waals surface area contributed by atoms with Crippen LogP contribution in [0.25, 0.3) is 0 Å². The highest BCUT2D eigenvalue weighted by Gasteiger charge is 2.36. The zero-order chi connectivity index (χ0) is 18.3. The molecule has 2 heterocycles. The Labute approximate surface area is 157 Å². The molecule has 2 unspecified atom stereocenters. The third-order valence-corrected chi connectivity index (χ3v) is 5.79. The summed E-state index contributed by atoms with van der Waals surface area (Å²) in [5.74, 6) is 2.57. The van der Waals surface area contributed by atoms with Crippen molar-refractivity contribution in [2.75, 3.05) is 26.8 Å². The van der Waals surface area contributed by atoms with Crippen LogP contribution in [-0.2, 0) is 11.2 Å². The fourth-order valence-corrected chi connectivity index (χ4v) is 4.37. The SMILES string of the molecule is COc1cc2c(cc1OCC1CC1)CCN1CC(OC(C)(C)C)CCC21. The van der Waals surface area contributed by atoms with E-state index in [9.17, 15) is 0 Å². The summed E-state index contributed by atoms with van der Waals surface area (Å²) in [4.78, 5) is 2.60. The summed E-state index contributed by atoms with van der Waals surface area (Å²) in [7, 11) is 1.75. The fraction of sp³-hybridized carbons (Fsp3) is 0.727. The lowest BCUT2D eigenvalue weighted by atomic mass is 9.85. The van der Waals surface area contributed by atoms with Gasteiger partial charge in [-0.2, -0.15) is 0 Å². The average molecular weight is 360 g/mol.